The van der Waals surface area contributed by atoms with Crippen LogP contribution < -0.4 is 5.73 Å². The standard InChI is InChI=1S/C8H6ClFN2/c1-4-2-5(3-11)8(12)7(10)6(4)9/h2H,12H2,1H3. The fraction of sp³-hybridized carbons (Fsp3) is 0.125. The monoisotopic (exact) mass is 184 g/mol. The Labute approximate surface area is 74.4 Å². The molecule has 0 saturated carbocycles. The van der Waals surface area contributed by atoms with Gasteiger partial charge in [0.1, 0.15) is 6.07 Å². The Bertz CT molecular complexity index is 368. The lowest BCUT2D eigenvalue weighted by Crippen LogP contribution is -1.97. The number of hydrogen-bond donors (Lipinski definition) is 1. The molecule has 0 radical (unpaired) electrons. The molecule has 0 aromatic heterocycles. The molecule has 0 heterocycles. The van der Waals surface area contributed by atoms with Gasteiger partial charge in [0.05, 0.1) is 16.3 Å². The number of nitriles is 1. The molecule has 0 aliphatic carbocycles. The minimum Gasteiger partial charge on any atom is -0.395 e. The topological polar surface area (TPSA) is 49.8 Å². The van der Waals surface area contributed by atoms with Crippen molar-refractivity contribution in [2.45, 2.75) is 6.92 Å². The zero-order valence-corrected chi connectivity index (χ0v) is 7.11. The predicted octanol–water partition coefficient (Wildman–Crippen LogP) is 2.24. The SMILES string of the molecule is Cc1cc(C#N)c(N)c(F)c1Cl. The molecule has 4 heteroatoms. The van der Waals surface area contributed by atoms with Gasteiger partial charge in [-0.15, -0.1) is 0 Å². The lowest BCUT2D eigenvalue weighted by atomic mass is 10.1. The van der Waals surface area contributed by atoms with Crippen LogP contribution in [-0.2, 0) is 0 Å². The van der Waals surface area contributed by atoms with E-state index < -0.39 is 5.82 Å². The van der Waals surface area contributed by atoms with Crippen LogP contribution in [0.15, 0.2) is 6.07 Å². The van der Waals surface area contributed by atoms with Gasteiger partial charge < -0.3 is 5.73 Å². The van der Waals surface area contributed by atoms with E-state index in [4.69, 9.17) is 22.6 Å². The number of aryl methyl sites for hydroxylation is 1. The normalized spacial score (nSPS) is 9.50. The average molecular weight is 185 g/mol. The number of anilines is 1. The first-order valence-electron chi connectivity index (χ1n) is 3.22. The minimum atomic E-state index is -0.715. The molecule has 0 amide bonds. The second kappa shape index (κ2) is 3.00. The quantitative estimate of drug-likeness (QED) is 0.629. The van der Waals surface area contributed by atoms with Crippen molar-refractivity contribution in [3.63, 3.8) is 0 Å². The maximum Gasteiger partial charge on any atom is 0.166 e. The number of hydrogen-bond acceptors (Lipinski definition) is 2. The third kappa shape index (κ3) is 1.21. The number of halogens is 2. The zero-order chi connectivity index (χ0) is 9.30. The van der Waals surface area contributed by atoms with Gasteiger partial charge in [0, 0.05) is 0 Å². The molecule has 62 valence electrons. The molecule has 12 heavy (non-hydrogen) atoms. The summed E-state index contributed by atoms with van der Waals surface area (Å²) in [5.74, 6) is -0.715. The van der Waals surface area contributed by atoms with Gasteiger partial charge in [0.25, 0.3) is 0 Å². The molecule has 0 fully saturated rings. The molecule has 2 N–H and O–H groups in total. The Morgan fingerprint density at radius 3 is 2.75 bits per heavy atom. The first kappa shape index (κ1) is 8.82. The van der Waals surface area contributed by atoms with Crippen molar-refractivity contribution in [2.24, 2.45) is 0 Å². The molecule has 0 spiro atoms. The van der Waals surface area contributed by atoms with Gasteiger partial charge in [-0.3, -0.25) is 0 Å². The van der Waals surface area contributed by atoms with E-state index in [2.05, 4.69) is 0 Å². The molecular formula is C8H6ClFN2. The van der Waals surface area contributed by atoms with Gasteiger partial charge in [0.2, 0.25) is 0 Å². The Balaban J connectivity index is 3.52. The number of nitrogen functional groups attached to an aromatic ring is 1. The number of nitrogens with two attached hydrogens (primary N) is 1. The van der Waals surface area contributed by atoms with Crippen LogP contribution in [0.5, 0.6) is 0 Å². The summed E-state index contributed by atoms with van der Waals surface area (Å²) in [4.78, 5) is 0. The largest absolute Gasteiger partial charge is 0.395 e. The third-order valence-corrected chi connectivity index (χ3v) is 2.01. The highest BCUT2D eigenvalue weighted by Crippen LogP contribution is 2.26. The van der Waals surface area contributed by atoms with Crippen molar-refractivity contribution in [1.29, 1.82) is 5.26 Å². The van der Waals surface area contributed by atoms with Crippen molar-refractivity contribution in [2.75, 3.05) is 5.73 Å². The maximum absolute atomic E-state index is 13.0. The van der Waals surface area contributed by atoms with Gasteiger partial charge in [0.15, 0.2) is 5.82 Å². The Hall–Kier alpha value is -1.27. The lowest BCUT2D eigenvalue weighted by molar-refractivity contribution is 0.631. The van der Waals surface area contributed by atoms with E-state index in [1.54, 1.807) is 13.0 Å². The highest BCUT2D eigenvalue weighted by molar-refractivity contribution is 6.31. The van der Waals surface area contributed by atoms with Crippen molar-refractivity contribution >= 4 is 17.3 Å². The summed E-state index contributed by atoms with van der Waals surface area (Å²) in [7, 11) is 0. The van der Waals surface area contributed by atoms with E-state index in [-0.39, 0.29) is 16.3 Å². The molecule has 0 aliphatic rings. The van der Waals surface area contributed by atoms with Gasteiger partial charge >= 0.3 is 0 Å². The molecule has 0 atom stereocenters. The Morgan fingerprint density at radius 2 is 2.25 bits per heavy atom. The van der Waals surface area contributed by atoms with Crippen LogP contribution in [-0.4, -0.2) is 0 Å². The fourth-order valence-corrected chi connectivity index (χ4v) is 1.02. The van der Waals surface area contributed by atoms with E-state index >= 15 is 0 Å². The van der Waals surface area contributed by atoms with E-state index in [0.717, 1.165) is 0 Å². The summed E-state index contributed by atoms with van der Waals surface area (Å²) < 4.78 is 13.0. The first-order chi connectivity index (χ1) is 5.57. The molecule has 1 aromatic rings. The molecule has 0 aliphatic heterocycles. The molecule has 0 saturated heterocycles. The number of rotatable bonds is 0. The van der Waals surface area contributed by atoms with Crippen LogP contribution in [0.1, 0.15) is 11.1 Å². The minimum absolute atomic E-state index is 0.0218. The fourth-order valence-electron chi connectivity index (χ4n) is 0.860. The van der Waals surface area contributed by atoms with Gasteiger partial charge in [-0.1, -0.05) is 11.6 Å². The van der Waals surface area contributed by atoms with Crippen LogP contribution in [0.25, 0.3) is 0 Å². The van der Waals surface area contributed by atoms with E-state index in [0.29, 0.717) is 5.56 Å². The lowest BCUT2D eigenvalue weighted by Gasteiger charge is -2.03. The van der Waals surface area contributed by atoms with Crippen LogP contribution in [0.2, 0.25) is 5.02 Å². The highest BCUT2D eigenvalue weighted by Gasteiger charge is 2.11. The Kier molecular flexibility index (Phi) is 2.20. The van der Waals surface area contributed by atoms with Crippen molar-refractivity contribution in [1.82, 2.24) is 0 Å². The third-order valence-electron chi connectivity index (χ3n) is 1.55. The highest BCUT2D eigenvalue weighted by atomic mass is 35.5. The smallest absolute Gasteiger partial charge is 0.166 e. The summed E-state index contributed by atoms with van der Waals surface area (Å²) in [6.07, 6.45) is 0. The first-order valence-corrected chi connectivity index (χ1v) is 3.60. The van der Waals surface area contributed by atoms with Gasteiger partial charge in [-0.25, -0.2) is 4.39 Å². The summed E-state index contributed by atoms with van der Waals surface area (Å²) >= 11 is 5.55. The zero-order valence-electron chi connectivity index (χ0n) is 6.36. The molecule has 1 rings (SSSR count). The summed E-state index contributed by atoms with van der Waals surface area (Å²) in [5, 5.41) is 8.50. The van der Waals surface area contributed by atoms with Crippen molar-refractivity contribution in [3.8, 4) is 6.07 Å². The van der Waals surface area contributed by atoms with E-state index in [9.17, 15) is 4.39 Å². The van der Waals surface area contributed by atoms with Crippen molar-refractivity contribution in [3.05, 3.63) is 28.0 Å². The van der Waals surface area contributed by atoms with Gasteiger partial charge in [-0.2, -0.15) is 5.26 Å². The van der Waals surface area contributed by atoms with E-state index in [1.165, 1.54) is 6.07 Å². The summed E-state index contributed by atoms with van der Waals surface area (Å²) in [5.41, 5.74) is 5.73. The average Bonchev–Trinajstić information content (AvgIpc) is 2.08. The maximum atomic E-state index is 13.0. The van der Waals surface area contributed by atoms with E-state index in [1.807, 2.05) is 0 Å². The van der Waals surface area contributed by atoms with Crippen LogP contribution >= 0.6 is 11.6 Å². The molecule has 0 bridgehead atoms. The Morgan fingerprint density at radius 1 is 1.67 bits per heavy atom. The van der Waals surface area contributed by atoms with Crippen molar-refractivity contribution < 1.29 is 4.39 Å². The van der Waals surface area contributed by atoms with Crippen LogP contribution in [0.4, 0.5) is 10.1 Å². The summed E-state index contributed by atoms with van der Waals surface area (Å²) in [6.45, 7) is 1.62. The van der Waals surface area contributed by atoms with Crippen LogP contribution in [0.3, 0.4) is 0 Å². The molecule has 2 nitrogen and oxygen atoms in total. The molecule has 1 aromatic carbocycles. The predicted molar refractivity (Wildman–Crippen MR) is 45.3 cm³/mol. The molecular weight excluding hydrogens is 179 g/mol. The second-order valence-electron chi connectivity index (χ2n) is 2.39. The summed E-state index contributed by atoms with van der Waals surface area (Å²) in [6, 6.07) is 3.24. The number of benzene rings is 1. The second-order valence-corrected chi connectivity index (χ2v) is 2.77. The number of nitrogens with zero attached hydrogens (tertiary/aromatic N) is 1. The van der Waals surface area contributed by atoms with Gasteiger partial charge in [-0.05, 0) is 18.6 Å². The molecule has 0 unspecified atom stereocenters. The van der Waals surface area contributed by atoms with Crippen LogP contribution in [0, 0.1) is 24.1 Å².